The van der Waals surface area contributed by atoms with Crippen LogP contribution in [0.3, 0.4) is 0 Å². The molecular weight excluding hydrogens is 259 g/mol. The molecule has 1 rings (SSSR count). The zero-order valence-corrected chi connectivity index (χ0v) is 9.15. The van der Waals surface area contributed by atoms with Gasteiger partial charge in [0.15, 0.2) is 17.5 Å². The number of hydrogen-bond donors (Lipinski definition) is 1. The van der Waals surface area contributed by atoms with Crippen molar-refractivity contribution in [2.45, 2.75) is 6.42 Å². The van der Waals surface area contributed by atoms with Gasteiger partial charge in [-0.1, -0.05) is 0 Å². The lowest BCUT2D eigenvalue weighted by Gasteiger charge is -2.05. The molecule has 92 valence electrons. The van der Waals surface area contributed by atoms with E-state index < -0.39 is 34.2 Å². The lowest BCUT2D eigenvalue weighted by atomic mass is 10.2. The largest absolute Gasteiger partial charge is 0.351 e. The maximum absolute atomic E-state index is 13.1. The second kappa shape index (κ2) is 5.67. The highest BCUT2D eigenvalue weighted by Gasteiger charge is 2.18. The van der Waals surface area contributed by atoms with Crippen LogP contribution in [0.2, 0.25) is 0 Å². The predicted octanol–water partition coefficient (Wildman–Crippen LogP) is 1.99. The van der Waals surface area contributed by atoms with E-state index in [1.807, 2.05) is 0 Å². The van der Waals surface area contributed by atoms with Crippen molar-refractivity contribution in [1.29, 1.82) is 0 Å². The fourth-order valence-corrected chi connectivity index (χ4v) is 1.17. The standard InChI is InChI=1S/C10H7ClF3NO2/c11-7(16)3-4-15-10(17)5-1-2-6(12)9(14)8(5)13/h1-2H,3-4H2,(H,15,17). The fourth-order valence-electron chi connectivity index (χ4n) is 1.07. The van der Waals surface area contributed by atoms with E-state index in [0.29, 0.717) is 6.07 Å². The quantitative estimate of drug-likeness (QED) is 0.668. The molecule has 3 nitrogen and oxygen atoms in total. The highest BCUT2D eigenvalue weighted by Crippen LogP contribution is 2.14. The van der Waals surface area contributed by atoms with Gasteiger partial charge in [0.1, 0.15) is 0 Å². The Balaban J connectivity index is 2.76. The van der Waals surface area contributed by atoms with Crippen LogP contribution in [0.15, 0.2) is 12.1 Å². The van der Waals surface area contributed by atoms with Crippen LogP contribution in [0.25, 0.3) is 0 Å². The van der Waals surface area contributed by atoms with Crippen LogP contribution in [0.1, 0.15) is 16.8 Å². The molecule has 0 saturated heterocycles. The number of benzene rings is 1. The second-order valence-electron chi connectivity index (χ2n) is 3.08. The van der Waals surface area contributed by atoms with Gasteiger partial charge < -0.3 is 5.32 Å². The molecule has 0 heterocycles. The normalized spacial score (nSPS) is 10.1. The van der Waals surface area contributed by atoms with Gasteiger partial charge in [-0.25, -0.2) is 13.2 Å². The average Bonchev–Trinajstić information content (AvgIpc) is 2.25. The van der Waals surface area contributed by atoms with Gasteiger partial charge in [0.25, 0.3) is 5.91 Å². The maximum atomic E-state index is 13.1. The highest BCUT2D eigenvalue weighted by atomic mass is 35.5. The van der Waals surface area contributed by atoms with Gasteiger partial charge >= 0.3 is 0 Å². The van der Waals surface area contributed by atoms with Crippen LogP contribution in [-0.4, -0.2) is 17.7 Å². The summed E-state index contributed by atoms with van der Waals surface area (Å²) < 4.78 is 38.5. The minimum atomic E-state index is -1.72. The minimum Gasteiger partial charge on any atom is -0.351 e. The molecule has 0 aliphatic heterocycles. The maximum Gasteiger partial charge on any atom is 0.254 e. The van der Waals surface area contributed by atoms with Crippen molar-refractivity contribution in [2.24, 2.45) is 0 Å². The van der Waals surface area contributed by atoms with Crippen molar-refractivity contribution < 1.29 is 22.8 Å². The van der Waals surface area contributed by atoms with Gasteiger partial charge in [0.2, 0.25) is 5.24 Å². The first-order valence-corrected chi connectivity index (χ1v) is 4.91. The molecule has 0 bridgehead atoms. The number of rotatable bonds is 4. The minimum absolute atomic E-state index is 0.112. The molecular formula is C10H7ClF3NO2. The summed E-state index contributed by atoms with van der Waals surface area (Å²) >= 11 is 5.01. The van der Waals surface area contributed by atoms with E-state index in [1.54, 1.807) is 0 Å². The van der Waals surface area contributed by atoms with Crippen molar-refractivity contribution in [1.82, 2.24) is 5.32 Å². The predicted molar refractivity (Wildman–Crippen MR) is 54.1 cm³/mol. The molecule has 7 heteroatoms. The average molecular weight is 266 g/mol. The Morgan fingerprint density at radius 2 is 1.82 bits per heavy atom. The Morgan fingerprint density at radius 3 is 2.41 bits per heavy atom. The van der Waals surface area contributed by atoms with Gasteiger partial charge in [-0.05, 0) is 23.7 Å². The molecule has 0 aromatic heterocycles. The zero-order valence-electron chi connectivity index (χ0n) is 8.40. The van der Waals surface area contributed by atoms with E-state index >= 15 is 0 Å². The molecule has 0 atom stereocenters. The van der Waals surface area contributed by atoms with Crippen molar-refractivity contribution in [2.75, 3.05) is 6.54 Å². The lowest BCUT2D eigenvalue weighted by Crippen LogP contribution is -2.26. The molecule has 0 saturated carbocycles. The zero-order chi connectivity index (χ0) is 13.0. The number of amides is 1. The van der Waals surface area contributed by atoms with Gasteiger partial charge in [-0.3, -0.25) is 9.59 Å². The van der Waals surface area contributed by atoms with E-state index in [2.05, 4.69) is 5.32 Å². The monoisotopic (exact) mass is 265 g/mol. The molecule has 17 heavy (non-hydrogen) atoms. The molecule has 1 N–H and O–H groups in total. The summed E-state index contributed by atoms with van der Waals surface area (Å²) in [4.78, 5) is 21.7. The summed E-state index contributed by atoms with van der Waals surface area (Å²) in [5.74, 6) is -5.61. The first-order valence-electron chi connectivity index (χ1n) is 4.53. The molecule has 0 fully saturated rings. The molecule has 0 spiro atoms. The van der Waals surface area contributed by atoms with Crippen LogP contribution in [0.5, 0.6) is 0 Å². The summed E-state index contributed by atoms with van der Waals surface area (Å²) in [6.45, 7) is -0.112. The van der Waals surface area contributed by atoms with Gasteiger partial charge in [-0.2, -0.15) is 0 Å². The molecule has 1 aromatic carbocycles. The summed E-state index contributed by atoms with van der Waals surface area (Å²) in [5, 5.41) is 1.47. The van der Waals surface area contributed by atoms with Crippen LogP contribution in [-0.2, 0) is 4.79 Å². The first-order chi connectivity index (χ1) is 7.93. The van der Waals surface area contributed by atoms with Crippen molar-refractivity contribution >= 4 is 22.8 Å². The smallest absolute Gasteiger partial charge is 0.254 e. The molecule has 0 unspecified atom stereocenters. The SMILES string of the molecule is O=C(Cl)CCNC(=O)c1ccc(F)c(F)c1F. The number of hydrogen-bond acceptors (Lipinski definition) is 2. The Bertz CT molecular complexity index is 465. The van der Waals surface area contributed by atoms with Crippen LogP contribution in [0.4, 0.5) is 13.2 Å². The van der Waals surface area contributed by atoms with Gasteiger partial charge in [0, 0.05) is 13.0 Å². The first kappa shape index (κ1) is 13.5. The number of nitrogens with one attached hydrogen (secondary N) is 1. The van der Waals surface area contributed by atoms with E-state index in [0.717, 1.165) is 6.07 Å². The molecule has 0 radical (unpaired) electrons. The second-order valence-corrected chi connectivity index (χ2v) is 3.51. The number of carbonyl (C=O) groups is 2. The Hall–Kier alpha value is -1.56. The lowest BCUT2D eigenvalue weighted by molar-refractivity contribution is -0.111. The third kappa shape index (κ3) is 3.45. The Labute approximate surface area is 99.6 Å². The van der Waals surface area contributed by atoms with Crippen LogP contribution >= 0.6 is 11.6 Å². The topological polar surface area (TPSA) is 46.2 Å². The number of carbonyl (C=O) groups excluding carboxylic acids is 2. The summed E-state index contributed by atoms with van der Waals surface area (Å²) in [6, 6.07) is 1.45. The molecule has 1 amide bonds. The summed E-state index contributed by atoms with van der Waals surface area (Å²) in [7, 11) is 0. The number of halogens is 4. The van der Waals surface area contributed by atoms with Gasteiger partial charge in [-0.15, -0.1) is 0 Å². The molecule has 0 aliphatic rings. The Kier molecular flexibility index (Phi) is 4.51. The van der Waals surface area contributed by atoms with Crippen LogP contribution < -0.4 is 5.32 Å². The molecule has 1 aromatic rings. The van der Waals surface area contributed by atoms with Gasteiger partial charge in [0.05, 0.1) is 5.56 Å². The summed E-state index contributed by atoms with van der Waals surface area (Å²) in [6.07, 6.45) is -0.140. The van der Waals surface area contributed by atoms with E-state index in [-0.39, 0.29) is 13.0 Å². The van der Waals surface area contributed by atoms with Crippen molar-refractivity contribution in [3.8, 4) is 0 Å². The van der Waals surface area contributed by atoms with Crippen molar-refractivity contribution in [3.05, 3.63) is 35.1 Å². The third-order valence-corrected chi connectivity index (χ3v) is 2.08. The van der Waals surface area contributed by atoms with Crippen molar-refractivity contribution in [3.63, 3.8) is 0 Å². The summed E-state index contributed by atoms with van der Waals surface area (Å²) in [5.41, 5.74) is -0.633. The van der Waals surface area contributed by atoms with E-state index in [1.165, 1.54) is 0 Å². The van der Waals surface area contributed by atoms with E-state index in [4.69, 9.17) is 11.6 Å². The fraction of sp³-hybridized carbons (Fsp3) is 0.200. The van der Waals surface area contributed by atoms with E-state index in [9.17, 15) is 22.8 Å². The van der Waals surface area contributed by atoms with Crippen LogP contribution in [0, 0.1) is 17.5 Å². The highest BCUT2D eigenvalue weighted by molar-refractivity contribution is 6.63. The Morgan fingerprint density at radius 1 is 1.18 bits per heavy atom. The third-order valence-electron chi connectivity index (χ3n) is 1.89. The molecule has 0 aliphatic carbocycles.